The molecule has 2 aromatic carbocycles. The molecule has 0 spiro atoms. The second kappa shape index (κ2) is 5.46. The highest BCUT2D eigenvalue weighted by molar-refractivity contribution is 9.10. The number of benzene rings is 2. The van der Waals surface area contributed by atoms with E-state index in [1.807, 2.05) is 42.5 Å². The zero-order valence-corrected chi connectivity index (χ0v) is 12.0. The van der Waals surface area contributed by atoms with Crippen molar-refractivity contribution >= 4 is 50.9 Å². The summed E-state index contributed by atoms with van der Waals surface area (Å²) in [5, 5.41) is 1.47. The lowest BCUT2D eigenvalue weighted by Gasteiger charge is -2.03. The van der Waals surface area contributed by atoms with Gasteiger partial charge < -0.3 is 0 Å². The van der Waals surface area contributed by atoms with Crippen LogP contribution in [0.1, 0.15) is 0 Å². The van der Waals surface area contributed by atoms with Gasteiger partial charge in [-0.2, -0.15) is 0 Å². The van der Waals surface area contributed by atoms with E-state index < -0.39 is 0 Å². The molecule has 0 saturated carbocycles. The summed E-state index contributed by atoms with van der Waals surface area (Å²) in [5.41, 5.74) is 0. The molecule has 0 amide bonds. The Morgan fingerprint density at radius 2 is 1.50 bits per heavy atom. The zero-order chi connectivity index (χ0) is 11.5. The van der Waals surface area contributed by atoms with Gasteiger partial charge in [0.1, 0.15) is 0 Å². The van der Waals surface area contributed by atoms with Crippen molar-refractivity contribution in [2.24, 2.45) is 0 Å². The summed E-state index contributed by atoms with van der Waals surface area (Å²) in [7, 11) is 0. The van der Waals surface area contributed by atoms with Gasteiger partial charge in [0, 0.05) is 19.3 Å². The maximum Gasteiger partial charge on any atom is 0.0559 e. The van der Waals surface area contributed by atoms with Crippen LogP contribution in [0, 0.1) is 0 Å². The van der Waals surface area contributed by atoms with E-state index >= 15 is 0 Å². The van der Waals surface area contributed by atoms with Crippen LogP contribution in [-0.4, -0.2) is 0 Å². The molecule has 0 nitrogen and oxygen atoms in total. The third-order valence-electron chi connectivity index (χ3n) is 1.94. The highest BCUT2D eigenvalue weighted by Gasteiger charge is 2.01. The molecule has 2 rings (SSSR count). The third-order valence-corrected chi connectivity index (χ3v) is 4.42. The minimum atomic E-state index is 0.721. The summed E-state index contributed by atoms with van der Waals surface area (Å²) in [6, 6.07) is 13.6. The maximum atomic E-state index is 6.02. The molecule has 4 heteroatoms. The Balaban J connectivity index is 2.20. The van der Waals surface area contributed by atoms with E-state index in [1.54, 1.807) is 11.8 Å². The van der Waals surface area contributed by atoms with Crippen LogP contribution < -0.4 is 0 Å². The summed E-state index contributed by atoms with van der Waals surface area (Å²) < 4.78 is 0.912. The number of halogens is 3. The second-order valence-corrected chi connectivity index (χ2v) is 5.98. The van der Waals surface area contributed by atoms with Crippen LogP contribution in [-0.2, 0) is 0 Å². The first-order valence-electron chi connectivity index (χ1n) is 4.53. The zero-order valence-electron chi connectivity index (χ0n) is 8.08. The first kappa shape index (κ1) is 12.3. The van der Waals surface area contributed by atoms with Crippen LogP contribution in [0.2, 0.25) is 10.0 Å². The van der Waals surface area contributed by atoms with Gasteiger partial charge in [0.05, 0.1) is 5.02 Å². The molecule has 0 aliphatic rings. The van der Waals surface area contributed by atoms with Crippen molar-refractivity contribution in [3.8, 4) is 0 Å². The quantitative estimate of drug-likeness (QED) is 0.658. The van der Waals surface area contributed by atoms with Crippen LogP contribution in [0.15, 0.2) is 56.7 Å². The number of hydrogen-bond donors (Lipinski definition) is 0. The third kappa shape index (κ3) is 3.17. The van der Waals surface area contributed by atoms with Crippen molar-refractivity contribution in [1.29, 1.82) is 0 Å². The predicted molar refractivity (Wildman–Crippen MR) is 74.7 cm³/mol. The molecule has 0 bridgehead atoms. The molecule has 0 aromatic heterocycles. The first-order valence-corrected chi connectivity index (χ1v) is 6.90. The summed E-state index contributed by atoms with van der Waals surface area (Å²) >= 11 is 16.9. The second-order valence-electron chi connectivity index (χ2n) is 3.13. The molecule has 0 saturated heterocycles. The van der Waals surface area contributed by atoms with E-state index in [0.29, 0.717) is 0 Å². The van der Waals surface area contributed by atoms with Crippen molar-refractivity contribution in [2.75, 3.05) is 0 Å². The van der Waals surface area contributed by atoms with Gasteiger partial charge in [-0.3, -0.25) is 0 Å². The van der Waals surface area contributed by atoms with Gasteiger partial charge in [0.2, 0.25) is 0 Å². The predicted octanol–water partition coefficient (Wildman–Crippen LogP) is 5.91. The molecule has 0 aliphatic heterocycles. The van der Waals surface area contributed by atoms with Crippen molar-refractivity contribution in [1.82, 2.24) is 0 Å². The summed E-state index contributed by atoms with van der Waals surface area (Å²) in [6.45, 7) is 0. The molecule has 0 aliphatic carbocycles. The Kier molecular flexibility index (Phi) is 4.20. The lowest BCUT2D eigenvalue weighted by atomic mass is 10.4. The Morgan fingerprint density at radius 1 is 0.875 bits per heavy atom. The minimum Gasteiger partial charge on any atom is -0.0900 e. The number of hydrogen-bond acceptors (Lipinski definition) is 1. The fourth-order valence-corrected chi connectivity index (χ4v) is 2.65. The highest BCUT2D eigenvalue weighted by atomic mass is 79.9. The highest BCUT2D eigenvalue weighted by Crippen LogP contribution is 2.32. The summed E-state index contributed by atoms with van der Waals surface area (Å²) in [5.74, 6) is 0. The largest absolute Gasteiger partial charge is 0.0900 e. The normalized spacial score (nSPS) is 10.4. The molecular weight excluding hydrogens is 327 g/mol. The van der Waals surface area contributed by atoms with E-state index in [4.69, 9.17) is 23.2 Å². The molecule has 0 unspecified atom stereocenters. The van der Waals surface area contributed by atoms with E-state index in [0.717, 1.165) is 24.3 Å². The smallest absolute Gasteiger partial charge is 0.0559 e. The van der Waals surface area contributed by atoms with Crippen molar-refractivity contribution < 1.29 is 0 Å². The van der Waals surface area contributed by atoms with Gasteiger partial charge in [0.15, 0.2) is 0 Å². The molecule has 0 N–H and O–H groups in total. The van der Waals surface area contributed by atoms with Crippen LogP contribution in [0.5, 0.6) is 0 Å². The van der Waals surface area contributed by atoms with E-state index in [9.17, 15) is 0 Å². The lowest BCUT2D eigenvalue weighted by Crippen LogP contribution is -1.75. The van der Waals surface area contributed by atoms with Gasteiger partial charge in [0.25, 0.3) is 0 Å². The van der Waals surface area contributed by atoms with Gasteiger partial charge in [-0.05, 0) is 58.4 Å². The standard InChI is InChI=1S/C12H7BrCl2S/c13-11-6-5-10(7-12(11)15)16-9-3-1-8(14)2-4-9/h1-7H. The lowest BCUT2D eigenvalue weighted by molar-refractivity contribution is 1.40. The molecule has 2 aromatic rings. The molecule has 0 radical (unpaired) electrons. The number of rotatable bonds is 2. The fraction of sp³-hybridized carbons (Fsp3) is 0. The van der Waals surface area contributed by atoms with Crippen LogP contribution in [0.25, 0.3) is 0 Å². The van der Waals surface area contributed by atoms with E-state index in [1.165, 1.54) is 0 Å². The van der Waals surface area contributed by atoms with Crippen LogP contribution in [0.4, 0.5) is 0 Å². The fourth-order valence-electron chi connectivity index (χ4n) is 1.18. The van der Waals surface area contributed by atoms with Crippen molar-refractivity contribution in [3.05, 3.63) is 57.0 Å². The van der Waals surface area contributed by atoms with E-state index in [2.05, 4.69) is 15.9 Å². The average molecular weight is 334 g/mol. The Labute approximate surface area is 117 Å². The average Bonchev–Trinajstić information content (AvgIpc) is 2.27. The SMILES string of the molecule is Clc1ccc(Sc2ccc(Br)c(Cl)c2)cc1. The van der Waals surface area contributed by atoms with Gasteiger partial charge in [-0.25, -0.2) is 0 Å². The van der Waals surface area contributed by atoms with Gasteiger partial charge >= 0.3 is 0 Å². The Morgan fingerprint density at radius 3 is 2.12 bits per heavy atom. The maximum absolute atomic E-state index is 6.02. The summed E-state index contributed by atoms with van der Waals surface area (Å²) in [6.07, 6.45) is 0. The van der Waals surface area contributed by atoms with Crippen molar-refractivity contribution in [2.45, 2.75) is 9.79 Å². The Bertz CT molecular complexity index is 497. The molecular formula is C12H7BrCl2S. The molecule has 16 heavy (non-hydrogen) atoms. The Hall–Kier alpha value is -0.150. The van der Waals surface area contributed by atoms with Crippen LogP contribution >= 0.6 is 50.9 Å². The topological polar surface area (TPSA) is 0 Å². The summed E-state index contributed by atoms with van der Waals surface area (Å²) in [4.78, 5) is 2.25. The molecule has 0 atom stereocenters. The van der Waals surface area contributed by atoms with E-state index in [-0.39, 0.29) is 0 Å². The minimum absolute atomic E-state index is 0.721. The van der Waals surface area contributed by atoms with Gasteiger partial charge in [-0.15, -0.1) is 0 Å². The van der Waals surface area contributed by atoms with Crippen LogP contribution in [0.3, 0.4) is 0 Å². The first-order chi connectivity index (χ1) is 7.65. The molecule has 0 fully saturated rings. The molecule has 82 valence electrons. The monoisotopic (exact) mass is 332 g/mol. The molecule has 0 heterocycles. The van der Waals surface area contributed by atoms with Gasteiger partial charge in [-0.1, -0.05) is 35.0 Å². The van der Waals surface area contributed by atoms with Crippen molar-refractivity contribution in [3.63, 3.8) is 0 Å².